The number of rotatable bonds is 3. The van der Waals surface area contributed by atoms with Gasteiger partial charge < -0.3 is 4.74 Å². The predicted molar refractivity (Wildman–Crippen MR) is 82.2 cm³/mol. The minimum absolute atomic E-state index is 0.227. The highest BCUT2D eigenvalue weighted by atomic mass is 32.2. The Labute approximate surface area is 130 Å². The molecule has 3 rings (SSSR count). The summed E-state index contributed by atoms with van der Waals surface area (Å²) in [6.07, 6.45) is 2.97. The Bertz CT molecular complexity index is 783. The summed E-state index contributed by atoms with van der Waals surface area (Å²) in [5, 5.41) is 4.06. The molecule has 0 fully saturated rings. The molecular weight excluding hydrogens is 302 g/mol. The average molecular weight is 321 g/mol. The van der Waals surface area contributed by atoms with Gasteiger partial charge in [-0.05, 0) is 19.9 Å². The summed E-state index contributed by atoms with van der Waals surface area (Å²) < 4.78 is 34.3. The van der Waals surface area contributed by atoms with Crippen molar-refractivity contribution in [1.82, 2.24) is 14.1 Å². The van der Waals surface area contributed by atoms with E-state index in [9.17, 15) is 8.42 Å². The summed E-state index contributed by atoms with van der Waals surface area (Å²) in [4.78, 5) is 0.227. The van der Waals surface area contributed by atoms with E-state index in [0.717, 1.165) is 16.9 Å². The molecule has 118 valence electrons. The summed E-state index contributed by atoms with van der Waals surface area (Å²) in [5.41, 5.74) is 1.98. The van der Waals surface area contributed by atoms with Crippen LogP contribution < -0.4 is 4.74 Å². The van der Waals surface area contributed by atoms with Crippen molar-refractivity contribution in [3.8, 4) is 5.75 Å². The van der Waals surface area contributed by atoms with Gasteiger partial charge in [-0.3, -0.25) is 4.68 Å². The Morgan fingerprint density at radius 2 is 2.18 bits per heavy atom. The number of benzene rings is 1. The van der Waals surface area contributed by atoms with Gasteiger partial charge in [-0.25, -0.2) is 8.42 Å². The minimum Gasteiger partial charge on any atom is -0.492 e. The van der Waals surface area contributed by atoms with Gasteiger partial charge in [0.2, 0.25) is 10.0 Å². The molecule has 1 aliphatic rings. The smallest absolute Gasteiger partial charge is 0.246 e. The molecule has 0 saturated carbocycles. The lowest BCUT2D eigenvalue weighted by Crippen LogP contribution is -2.32. The van der Waals surface area contributed by atoms with E-state index in [4.69, 9.17) is 4.74 Å². The summed E-state index contributed by atoms with van der Waals surface area (Å²) in [7, 11) is -3.56. The van der Waals surface area contributed by atoms with Crippen LogP contribution in [0.3, 0.4) is 0 Å². The van der Waals surface area contributed by atoms with Crippen molar-refractivity contribution in [2.24, 2.45) is 0 Å². The molecule has 0 aliphatic carbocycles. The zero-order valence-electron chi connectivity index (χ0n) is 12.7. The van der Waals surface area contributed by atoms with Gasteiger partial charge in [-0.15, -0.1) is 0 Å². The monoisotopic (exact) mass is 321 g/mol. The summed E-state index contributed by atoms with van der Waals surface area (Å²) in [6.45, 7) is 5.53. The Hall–Kier alpha value is -1.86. The first-order chi connectivity index (χ1) is 10.5. The lowest BCUT2D eigenvalue weighted by molar-refractivity contribution is 0.293. The summed E-state index contributed by atoms with van der Waals surface area (Å²) in [5.74, 6) is 0.757. The van der Waals surface area contributed by atoms with Gasteiger partial charge in [0.05, 0.1) is 6.20 Å². The second-order valence-corrected chi connectivity index (χ2v) is 7.27. The predicted octanol–water partition coefficient (Wildman–Crippen LogP) is 1.79. The molecule has 0 saturated heterocycles. The van der Waals surface area contributed by atoms with Gasteiger partial charge in [-0.1, -0.05) is 17.7 Å². The highest BCUT2D eigenvalue weighted by Crippen LogP contribution is 2.27. The molecule has 0 bridgehead atoms. The maximum Gasteiger partial charge on any atom is 0.246 e. The maximum atomic E-state index is 12.8. The SMILES string of the molecule is CCn1cc(S(=O)(=O)N2CCOc3ccc(C)cc3C2)cn1. The molecule has 0 N–H and O–H groups in total. The Morgan fingerprint density at radius 1 is 1.36 bits per heavy atom. The molecule has 0 atom stereocenters. The number of sulfonamides is 1. The van der Waals surface area contributed by atoms with Crippen molar-refractivity contribution in [3.05, 3.63) is 41.7 Å². The van der Waals surface area contributed by atoms with Crippen LogP contribution in [0.25, 0.3) is 0 Å². The third kappa shape index (κ3) is 2.74. The van der Waals surface area contributed by atoms with E-state index in [1.165, 1.54) is 10.5 Å². The molecule has 0 amide bonds. The first-order valence-corrected chi connectivity index (χ1v) is 8.69. The van der Waals surface area contributed by atoms with Gasteiger partial charge in [0.1, 0.15) is 17.3 Å². The van der Waals surface area contributed by atoms with Crippen molar-refractivity contribution in [3.63, 3.8) is 0 Å². The van der Waals surface area contributed by atoms with Crippen molar-refractivity contribution in [1.29, 1.82) is 0 Å². The molecule has 6 nitrogen and oxygen atoms in total. The molecule has 0 unspecified atom stereocenters. The molecule has 22 heavy (non-hydrogen) atoms. The van der Waals surface area contributed by atoms with Crippen LogP contribution >= 0.6 is 0 Å². The first-order valence-electron chi connectivity index (χ1n) is 7.25. The highest BCUT2D eigenvalue weighted by Gasteiger charge is 2.28. The summed E-state index contributed by atoms with van der Waals surface area (Å²) in [6, 6.07) is 5.84. The molecule has 1 aliphatic heterocycles. The fraction of sp³-hybridized carbons (Fsp3) is 0.400. The van der Waals surface area contributed by atoms with Crippen LogP contribution in [-0.2, 0) is 23.1 Å². The molecule has 2 heterocycles. The number of hydrogen-bond acceptors (Lipinski definition) is 4. The number of ether oxygens (including phenoxy) is 1. The largest absolute Gasteiger partial charge is 0.492 e. The molecule has 2 aromatic rings. The number of aromatic nitrogens is 2. The zero-order valence-corrected chi connectivity index (χ0v) is 13.5. The van der Waals surface area contributed by atoms with E-state index >= 15 is 0 Å². The van der Waals surface area contributed by atoms with Crippen molar-refractivity contribution in [2.45, 2.75) is 31.8 Å². The number of aryl methyl sites for hydroxylation is 2. The van der Waals surface area contributed by atoms with Gasteiger partial charge in [-0.2, -0.15) is 9.40 Å². The number of fused-ring (bicyclic) bond motifs is 1. The van der Waals surface area contributed by atoms with Crippen LogP contribution in [0.2, 0.25) is 0 Å². The van der Waals surface area contributed by atoms with Crippen molar-refractivity contribution < 1.29 is 13.2 Å². The van der Waals surface area contributed by atoms with Crippen molar-refractivity contribution in [2.75, 3.05) is 13.2 Å². The third-order valence-corrected chi connectivity index (χ3v) is 5.53. The molecule has 0 spiro atoms. The Kier molecular flexibility index (Phi) is 3.92. The van der Waals surface area contributed by atoms with E-state index in [0.29, 0.717) is 26.2 Å². The minimum atomic E-state index is -3.56. The fourth-order valence-electron chi connectivity index (χ4n) is 2.50. The van der Waals surface area contributed by atoms with E-state index in [1.807, 2.05) is 32.0 Å². The lowest BCUT2D eigenvalue weighted by atomic mass is 10.1. The number of nitrogens with zero attached hydrogens (tertiary/aromatic N) is 3. The average Bonchev–Trinajstić information content (AvgIpc) is 2.88. The van der Waals surface area contributed by atoms with E-state index in [-0.39, 0.29) is 4.90 Å². The first kappa shape index (κ1) is 15.1. The molecule has 0 radical (unpaired) electrons. The van der Waals surface area contributed by atoms with Crippen LogP contribution in [0.15, 0.2) is 35.5 Å². The van der Waals surface area contributed by atoms with Gasteiger partial charge in [0.25, 0.3) is 0 Å². The summed E-state index contributed by atoms with van der Waals surface area (Å²) >= 11 is 0. The van der Waals surface area contributed by atoms with Gasteiger partial charge in [0.15, 0.2) is 0 Å². The fourth-order valence-corrected chi connectivity index (χ4v) is 3.86. The van der Waals surface area contributed by atoms with Gasteiger partial charge >= 0.3 is 0 Å². The molecule has 7 heteroatoms. The zero-order chi connectivity index (χ0) is 15.7. The van der Waals surface area contributed by atoms with Crippen LogP contribution in [0.1, 0.15) is 18.1 Å². The molecule has 1 aromatic carbocycles. The highest BCUT2D eigenvalue weighted by molar-refractivity contribution is 7.89. The lowest BCUT2D eigenvalue weighted by Gasteiger charge is -2.18. The van der Waals surface area contributed by atoms with E-state index in [2.05, 4.69) is 5.10 Å². The topological polar surface area (TPSA) is 64.4 Å². The standard InChI is InChI=1S/C15H19N3O3S/c1-3-17-11-14(9-16-17)22(19,20)18-6-7-21-15-5-4-12(2)8-13(15)10-18/h4-5,8-9,11H,3,6-7,10H2,1-2H3. The number of hydrogen-bond donors (Lipinski definition) is 0. The normalized spacial score (nSPS) is 15.9. The van der Waals surface area contributed by atoms with Crippen LogP contribution in [0.4, 0.5) is 0 Å². The third-order valence-electron chi connectivity index (χ3n) is 3.73. The van der Waals surface area contributed by atoms with Crippen LogP contribution in [0.5, 0.6) is 5.75 Å². The van der Waals surface area contributed by atoms with Crippen LogP contribution in [0, 0.1) is 6.92 Å². The van der Waals surface area contributed by atoms with Crippen LogP contribution in [-0.4, -0.2) is 35.7 Å². The van der Waals surface area contributed by atoms with Crippen molar-refractivity contribution >= 4 is 10.0 Å². The van der Waals surface area contributed by atoms with E-state index < -0.39 is 10.0 Å². The van der Waals surface area contributed by atoms with E-state index in [1.54, 1.807) is 10.9 Å². The Morgan fingerprint density at radius 3 is 2.91 bits per heavy atom. The Balaban J connectivity index is 1.94. The molecule has 1 aromatic heterocycles. The quantitative estimate of drug-likeness (QED) is 0.864. The second kappa shape index (κ2) is 5.73. The maximum absolute atomic E-state index is 12.8. The second-order valence-electron chi connectivity index (χ2n) is 5.33. The molecular formula is C15H19N3O3S. The van der Waals surface area contributed by atoms with Gasteiger partial charge in [0, 0.05) is 31.4 Å².